The van der Waals surface area contributed by atoms with Crippen molar-refractivity contribution < 1.29 is 4.52 Å². The van der Waals surface area contributed by atoms with E-state index in [0.29, 0.717) is 5.89 Å². The van der Waals surface area contributed by atoms with E-state index in [1.54, 1.807) is 11.8 Å². The van der Waals surface area contributed by atoms with Gasteiger partial charge in [-0.2, -0.15) is 16.7 Å². The Morgan fingerprint density at radius 3 is 3.00 bits per heavy atom. The molecule has 4 nitrogen and oxygen atoms in total. The largest absolute Gasteiger partial charge is 0.338 e. The Labute approximate surface area is 82.3 Å². The third-order valence-corrected chi connectivity index (χ3v) is 2.22. The standard InChI is InChI=1S/C8H15N3OS/c1-3-4-6(9)8-10-7(5-13-2)11-12-8/h6H,3-5,9H2,1-2H3/t6-/m1/s1. The average molecular weight is 201 g/mol. The van der Waals surface area contributed by atoms with Gasteiger partial charge in [-0.15, -0.1) is 0 Å². The van der Waals surface area contributed by atoms with Crippen LogP contribution in [0, 0.1) is 0 Å². The van der Waals surface area contributed by atoms with Crippen LogP contribution < -0.4 is 5.73 Å². The lowest BCUT2D eigenvalue weighted by atomic mass is 10.2. The van der Waals surface area contributed by atoms with Gasteiger partial charge < -0.3 is 10.3 Å². The lowest BCUT2D eigenvalue weighted by Crippen LogP contribution is -2.10. The Morgan fingerprint density at radius 2 is 2.38 bits per heavy atom. The molecule has 1 aromatic rings. The van der Waals surface area contributed by atoms with E-state index >= 15 is 0 Å². The highest BCUT2D eigenvalue weighted by Crippen LogP contribution is 2.14. The molecule has 5 heteroatoms. The Bertz CT molecular complexity index is 251. The highest BCUT2D eigenvalue weighted by Gasteiger charge is 2.12. The zero-order chi connectivity index (χ0) is 9.68. The summed E-state index contributed by atoms with van der Waals surface area (Å²) in [7, 11) is 0. The van der Waals surface area contributed by atoms with Gasteiger partial charge >= 0.3 is 0 Å². The first kappa shape index (κ1) is 10.5. The highest BCUT2D eigenvalue weighted by atomic mass is 32.2. The predicted molar refractivity (Wildman–Crippen MR) is 53.4 cm³/mol. The maximum atomic E-state index is 5.81. The van der Waals surface area contributed by atoms with Crippen molar-refractivity contribution in [2.75, 3.05) is 6.26 Å². The van der Waals surface area contributed by atoms with Crippen LogP contribution in [-0.2, 0) is 5.75 Å². The summed E-state index contributed by atoms with van der Waals surface area (Å²) in [5.74, 6) is 2.07. The first-order valence-electron chi connectivity index (χ1n) is 4.35. The van der Waals surface area contributed by atoms with E-state index in [1.165, 1.54) is 0 Å². The van der Waals surface area contributed by atoms with Crippen LogP contribution in [0.1, 0.15) is 37.5 Å². The monoisotopic (exact) mass is 201 g/mol. The van der Waals surface area contributed by atoms with Gasteiger partial charge in [0.25, 0.3) is 0 Å². The van der Waals surface area contributed by atoms with Crippen molar-refractivity contribution in [3.8, 4) is 0 Å². The van der Waals surface area contributed by atoms with Crippen molar-refractivity contribution in [2.45, 2.75) is 31.6 Å². The fourth-order valence-corrected chi connectivity index (χ4v) is 1.42. The molecule has 0 saturated heterocycles. The second kappa shape index (κ2) is 5.24. The number of hydrogen-bond donors (Lipinski definition) is 1. The zero-order valence-corrected chi connectivity index (χ0v) is 8.80. The molecular weight excluding hydrogens is 186 g/mol. The molecule has 0 aliphatic rings. The minimum absolute atomic E-state index is 0.104. The fourth-order valence-electron chi connectivity index (χ4n) is 1.04. The van der Waals surface area contributed by atoms with Crippen LogP contribution in [0.4, 0.5) is 0 Å². The molecule has 0 saturated carbocycles. The van der Waals surface area contributed by atoms with E-state index in [4.69, 9.17) is 10.3 Å². The van der Waals surface area contributed by atoms with E-state index in [9.17, 15) is 0 Å². The summed E-state index contributed by atoms with van der Waals surface area (Å²) in [6.07, 6.45) is 3.92. The molecule has 2 N–H and O–H groups in total. The zero-order valence-electron chi connectivity index (χ0n) is 7.99. The number of nitrogens with zero attached hydrogens (tertiary/aromatic N) is 2. The molecule has 0 aliphatic carbocycles. The van der Waals surface area contributed by atoms with Crippen LogP contribution in [0.2, 0.25) is 0 Å². The second-order valence-electron chi connectivity index (χ2n) is 2.88. The molecule has 0 aliphatic heterocycles. The van der Waals surface area contributed by atoms with E-state index in [1.807, 2.05) is 6.26 Å². The molecular formula is C8H15N3OS. The molecule has 0 bridgehead atoms. The lowest BCUT2D eigenvalue weighted by Gasteiger charge is -2.01. The minimum Gasteiger partial charge on any atom is -0.338 e. The van der Waals surface area contributed by atoms with Gasteiger partial charge in [0.15, 0.2) is 5.82 Å². The summed E-state index contributed by atoms with van der Waals surface area (Å²) in [5, 5.41) is 3.82. The van der Waals surface area contributed by atoms with Crippen molar-refractivity contribution >= 4 is 11.8 Å². The van der Waals surface area contributed by atoms with Crippen LogP contribution in [0.5, 0.6) is 0 Å². The molecule has 13 heavy (non-hydrogen) atoms. The van der Waals surface area contributed by atoms with Crippen LogP contribution in [0.25, 0.3) is 0 Å². The summed E-state index contributed by atoms with van der Waals surface area (Å²) in [5.41, 5.74) is 5.81. The summed E-state index contributed by atoms with van der Waals surface area (Å²) in [4.78, 5) is 4.19. The number of hydrogen-bond acceptors (Lipinski definition) is 5. The van der Waals surface area contributed by atoms with Crippen LogP contribution in [0.3, 0.4) is 0 Å². The molecule has 0 unspecified atom stereocenters. The molecule has 1 heterocycles. The molecule has 0 fully saturated rings. The normalized spacial score (nSPS) is 13.2. The first-order chi connectivity index (χ1) is 6.27. The topological polar surface area (TPSA) is 64.9 Å². The Kier molecular flexibility index (Phi) is 4.24. The van der Waals surface area contributed by atoms with Gasteiger partial charge in [-0.1, -0.05) is 18.5 Å². The predicted octanol–water partition coefficient (Wildman–Crippen LogP) is 1.73. The van der Waals surface area contributed by atoms with E-state index in [-0.39, 0.29) is 6.04 Å². The third kappa shape index (κ3) is 3.00. The van der Waals surface area contributed by atoms with Crippen LogP contribution in [0.15, 0.2) is 4.52 Å². The molecule has 1 atom stereocenters. The summed E-state index contributed by atoms with van der Waals surface area (Å²) in [6, 6.07) is -0.104. The number of rotatable bonds is 5. The second-order valence-corrected chi connectivity index (χ2v) is 3.74. The van der Waals surface area contributed by atoms with Crippen LogP contribution in [-0.4, -0.2) is 16.4 Å². The maximum absolute atomic E-state index is 5.81. The molecule has 0 aromatic carbocycles. The van der Waals surface area contributed by atoms with Crippen molar-refractivity contribution in [2.24, 2.45) is 5.73 Å². The lowest BCUT2D eigenvalue weighted by molar-refractivity contribution is 0.345. The summed E-state index contributed by atoms with van der Waals surface area (Å²) in [6.45, 7) is 2.08. The highest BCUT2D eigenvalue weighted by molar-refractivity contribution is 7.97. The van der Waals surface area contributed by atoms with E-state index in [0.717, 1.165) is 24.4 Å². The SMILES string of the molecule is CCC[C@@H](N)c1nc(CSC)no1. The smallest absolute Gasteiger partial charge is 0.243 e. The van der Waals surface area contributed by atoms with Gasteiger partial charge in [-0.05, 0) is 12.7 Å². The number of aromatic nitrogens is 2. The quantitative estimate of drug-likeness (QED) is 0.786. The van der Waals surface area contributed by atoms with E-state index < -0.39 is 0 Å². The Morgan fingerprint density at radius 1 is 1.62 bits per heavy atom. The van der Waals surface area contributed by atoms with Crippen molar-refractivity contribution in [1.29, 1.82) is 0 Å². The molecule has 0 spiro atoms. The van der Waals surface area contributed by atoms with Gasteiger partial charge in [0, 0.05) is 0 Å². The summed E-state index contributed by atoms with van der Waals surface area (Å²) >= 11 is 1.67. The molecule has 0 radical (unpaired) electrons. The number of nitrogens with two attached hydrogens (primary N) is 1. The van der Waals surface area contributed by atoms with Crippen molar-refractivity contribution in [3.63, 3.8) is 0 Å². The maximum Gasteiger partial charge on any atom is 0.243 e. The van der Waals surface area contributed by atoms with Gasteiger partial charge in [0.2, 0.25) is 5.89 Å². The van der Waals surface area contributed by atoms with Crippen molar-refractivity contribution in [1.82, 2.24) is 10.1 Å². The number of thioether (sulfide) groups is 1. The van der Waals surface area contributed by atoms with Crippen LogP contribution >= 0.6 is 11.8 Å². The molecule has 1 rings (SSSR count). The Balaban J connectivity index is 2.56. The summed E-state index contributed by atoms with van der Waals surface area (Å²) < 4.78 is 5.03. The molecule has 1 aromatic heterocycles. The fraction of sp³-hybridized carbons (Fsp3) is 0.750. The third-order valence-electron chi connectivity index (χ3n) is 1.67. The van der Waals surface area contributed by atoms with Crippen molar-refractivity contribution in [3.05, 3.63) is 11.7 Å². The van der Waals surface area contributed by atoms with E-state index in [2.05, 4.69) is 17.1 Å². The van der Waals surface area contributed by atoms with Gasteiger partial charge in [-0.3, -0.25) is 0 Å². The first-order valence-corrected chi connectivity index (χ1v) is 5.74. The van der Waals surface area contributed by atoms with Gasteiger partial charge in [0.05, 0.1) is 11.8 Å². The van der Waals surface area contributed by atoms with Gasteiger partial charge in [0.1, 0.15) is 0 Å². The average Bonchev–Trinajstić information content (AvgIpc) is 2.54. The minimum atomic E-state index is -0.104. The molecule has 74 valence electrons. The van der Waals surface area contributed by atoms with Gasteiger partial charge in [-0.25, -0.2) is 0 Å². The Hall–Kier alpha value is -0.550. The molecule has 0 amide bonds.